The van der Waals surface area contributed by atoms with Crippen molar-refractivity contribution in [1.82, 2.24) is 5.32 Å². The Kier molecular flexibility index (Phi) is 4.11. The number of likely N-dealkylation sites (N-methyl/N-ethyl adjacent to an activating group) is 1. The molecule has 15 heavy (non-hydrogen) atoms. The van der Waals surface area contributed by atoms with Gasteiger partial charge in [0.1, 0.15) is 11.8 Å². The summed E-state index contributed by atoms with van der Waals surface area (Å²) in [7, 11) is 1.61. The molecule has 0 aliphatic rings. The summed E-state index contributed by atoms with van der Waals surface area (Å²) in [4.78, 5) is 10.8. The van der Waals surface area contributed by atoms with E-state index in [4.69, 9.17) is 5.11 Å². The van der Waals surface area contributed by atoms with Gasteiger partial charge in [0, 0.05) is 0 Å². The summed E-state index contributed by atoms with van der Waals surface area (Å²) in [5.74, 6) is -0.739. The molecule has 1 rings (SSSR count). The van der Waals surface area contributed by atoms with Gasteiger partial charge in [-0.3, -0.25) is 4.79 Å². The normalized spacial score (nSPS) is 12.4. The topological polar surface area (TPSA) is 69.6 Å². The van der Waals surface area contributed by atoms with Gasteiger partial charge in [0.15, 0.2) is 0 Å². The fourth-order valence-electron chi connectivity index (χ4n) is 1.23. The minimum atomic E-state index is -0.887. The maximum Gasteiger partial charge on any atom is 0.321 e. The molecule has 0 aliphatic carbocycles. The second kappa shape index (κ2) is 5.14. The molecule has 1 aromatic rings. The van der Waals surface area contributed by atoms with Crippen LogP contribution in [0.25, 0.3) is 0 Å². The number of hydrogen-bond acceptors (Lipinski definition) is 3. The van der Waals surface area contributed by atoms with Crippen molar-refractivity contribution >= 4 is 21.9 Å². The van der Waals surface area contributed by atoms with Crippen molar-refractivity contribution < 1.29 is 15.0 Å². The van der Waals surface area contributed by atoms with Crippen molar-refractivity contribution in [2.45, 2.75) is 12.5 Å². The van der Waals surface area contributed by atoms with E-state index in [1.807, 2.05) is 0 Å². The number of carbonyl (C=O) groups is 1. The van der Waals surface area contributed by atoms with E-state index in [0.29, 0.717) is 10.9 Å². The van der Waals surface area contributed by atoms with Gasteiger partial charge >= 0.3 is 5.97 Å². The molecule has 1 aromatic carbocycles. The third-order valence-electron chi connectivity index (χ3n) is 2.10. The molecule has 0 aliphatic heterocycles. The van der Waals surface area contributed by atoms with Crippen LogP contribution in [-0.2, 0) is 11.2 Å². The van der Waals surface area contributed by atoms with Gasteiger partial charge in [-0.15, -0.1) is 0 Å². The number of aromatic hydroxyl groups is 1. The Labute approximate surface area is 96.1 Å². The molecule has 0 heterocycles. The van der Waals surface area contributed by atoms with Gasteiger partial charge in [-0.2, -0.15) is 0 Å². The summed E-state index contributed by atoms with van der Waals surface area (Å²) >= 11 is 3.18. The minimum absolute atomic E-state index is 0.148. The standard InChI is InChI=1S/C10H12BrNO3/c1-12-8(10(14)15)5-6-2-3-9(13)7(11)4-6/h2-4,8,12-13H,5H2,1H3,(H,14,15). The van der Waals surface area contributed by atoms with Crippen molar-refractivity contribution in [2.75, 3.05) is 7.05 Å². The van der Waals surface area contributed by atoms with E-state index in [0.717, 1.165) is 5.56 Å². The number of aliphatic carboxylic acids is 1. The third kappa shape index (κ3) is 3.21. The van der Waals surface area contributed by atoms with Gasteiger partial charge < -0.3 is 15.5 Å². The molecule has 0 amide bonds. The number of phenols is 1. The van der Waals surface area contributed by atoms with Crippen LogP contribution in [0.1, 0.15) is 5.56 Å². The second-order valence-corrected chi connectivity index (χ2v) is 4.02. The predicted octanol–water partition coefficient (Wildman–Crippen LogP) is 1.37. The Balaban J connectivity index is 2.80. The third-order valence-corrected chi connectivity index (χ3v) is 2.73. The van der Waals surface area contributed by atoms with Crippen LogP contribution >= 0.6 is 15.9 Å². The van der Waals surface area contributed by atoms with Crippen molar-refractivity contribution in [2.24, 2.45) is 0 Å². The molecular weight excluding hydrogens is 262 g/mol. The number of benzene rings is 1. The molecule has 4 nitrogen and oxygen atoms in total. The first kappa shape index (κ1) is 12.0. The Morgan fingerprint density at radius 3 is 2.73 bits per heavy atom. The lowest BCUT2D eigenvalue weighted by atomic mass is 10.1. The first-order valence-electron chi connectivity index (χ1n) is 4.42. The van der Waals surface area contributed by atoms with Crippen molar-refractivity contribution in [1.29, 1.82) is 0 Å². The van der Waals surface area contributed by atoms with Crippen LogP contribution in [0.5, 0.6) is 5.75 Å². The smallest absolute Gasteiger partial charge is 0.321 e. The molecule has 5 heteroatoms. The summed E-state index contributed by atoms with van der Waals surface area (Å²) in [6, 6.07) is 4.34. The number of halogens is 1. The number of rotatable bonds is 4. The van der Waals surface area contributed by atoms with Gasteiger partial charge in [-0.25, -0.2) is 0 Å². The van der Waals surface area contributed by atoms with Crippen molar-refractivity contribution in [3.05, 3.63) is 28.2 Å². The fraction of sp³-hybridized carbons (Fsp3) is 0.300. The molecular formula is C10H12BrNO3. The van der Waals surface area contributed by atoms with Crippen LogP contribution in [0.15, 0.2) is 22.7 Å². The molecule has 82 valence electrons. The lowest BCUT2D eigenvalue weighted by Gasteiger charge is -2.11. The molecule has 0 radical (unpaired) electrons. The molecule has 1 atom stereocenters. The van der Waals surface area contributed by atoms with Crippen LogP contribution in [0.4, 0.5) is 0 Å². The fourth-order valence-corrected chi connectivity index (χ4v) is 1.65. The monoisotopic (exact) mass is 273 g/mol. The summed E-state index contributed by atoms with van der Waals surface area (Å²) in [6.45, 7) is 0. The summed E-state index contributed by atoms with van der Waals surface area (Å²) in [6.07, 6.45) is 0.380. The van der Waals surface area contributed by atoms with Gasteiger partial charge in [0.05, 0.1) is 4.47 Å². The van der Waals surface area contributed by atoms with Gasteiger partial charge in [-0.1, -0.05) is 6.07 Å². The number of carboxylic acid groups (broad SMARTS) is 1. The largest absolute Gasteiger partial charge is 0.507 e. The summed E-state index contributed by atoms with van der Waals surface area (Å²) in [5.41, 5.74) is 0.849. The zero-order valence-electron chi connectivity index (χ0n) is 8.20. The van der Waals surface area contributed by atoms with Gasteiger partial charge in [0.25, 0.3) is 0 Å². The lowest BCUT2D eigenvalue weighted by molar-refractivity contribution is -0.139. The molecule has 0 spiro atoms. The van der Waals surface area contributed by atoms with Crippen molar-refractivity contribution in [3.8, 4) is 5.75 Å². The molecule has 0 bridgehead atoms. The van der Waals surface area contributed by atoms with Crippen LogP contribution < -0.4 is 5.32 Å². The number of phenolic OH excluding ortho intramolecular Hbond substituents is 1. The maximum absolute atomic E-state index is 10.8. The summed E-state index contributed by atoms with van der Waals surface area (Å²) in [5, 5.41) is 20.8. The number of nitrogens with one attached hydrogen (secondary N) is 1. The highest BCUT2D eigenvalue weighted by Gasteiger charge is 2.15. The zero-order valence-corrected chi connectivity index (χ0v) is 9.78. The van der Waals surface area contributed by atoms with E-state index in [1.54, 1.807) is 19.2 Å². The van der Waals surface area contributed by atoms with Crippen molar-refractivity contribution in [3.63, 3.8) is 0 Å². The Hall–Kier alpha value is -1.07. The van der Waals surface area contributed by atoms with E-state index in [9.17, 15) is 9.90 Å². The highest BCUT2D eigenvalue weighted by atomic mass is 79.9. The zero-order chi connectivity index (χ0) is 11.4. The minimum Gasteiger partial charge on any atom is -0.507 e. The number of carboxylic acids is 1. The van der Waals surface area contributed by atoms with Crippen LogP contribution in [0.2, 0.25) is 0 Å². The molecule has 0 saturated heterocycles. The molecule has 1 unspecified atom stereocenters. The average molecular weight is 274 g/mol. The predicted molar refractivity (Wildman–Crippen MR) is 60.0 cm³/mol. The highest BCUT2D eigenvalue weighted by molar-refractivity contribution is 9.10. The lowest BCUT2D eigenvalue weighted by Crippen LogP contribution is -2.35. The first-order chi connectivity index (χ1) is 7.04. The Morgan fingerprint density at radius 2 is 2.27 bits per heavy atom. The molecule has 3 N–H and O–H groups in total. The quantitative estimate of drug-likeness (QED) is 0.775. The maximum atomic E-state index is 10.8. The Bertz CT molecular complexity index is 368. The average Bonchev–Trinajstić information content (AvgIpc) is 2.19. The van der Waals surface area contributed by atoms with E-state index < -0.39 is 12.0 Å². The Morgan fingerprint density at radius 1 is 1.60 bits per heavy atom. The number of hydrogen-bond donors (Lipinski definition) is 3. The van der Waals surface area contributed by atoms with Crippen LogP contribution in [-0.4, -0.2) is 29.3 Å². The van der Waals surface area contributed by atoms with E-state index >= 15 is 0 Å². The van der Waals surface area contributed by atoms with Crippen LogP contribution in [0.3, 0.4) is 0 Å². The molecule has 0 aromatic heterocycles. The highest BCUT2D eigenvalue weighted by Crippen LogP contribution is 2.24. The van der Waals surface area contributed by atoms with E-state index in [-0.39, 0.29) is 5.75 Å². The van der Waals surface area contributed by atoms with E-state index in [1.165, 1.54) is 6.07 Å². The van der Waals surface area contributed by atoms with Gasteiger partial charge in [0.2, 0.25) is 0 Å². The first-order valence-corrected chi connectivity index (χ1v) is 5.21. The summed E-state index contributed by atoms with van der Waals surface area (Å²) < 4.78 is 0.570. The van der Waals surface area contributed by atoms with Gasteiger partial charge in [-0.05, 0) is 47.1 Å². The van der Waals surface area contributed by atoms with Crippen LogP contribution in [0, 0.1) is 0 Å². The SMILES string of the molecule is CNC(Cc1ccc(O)c(Br)c1)C(=O)O. The van der Waals surface area contributed by atoms with E-state index in [2.05, 4.69) is 21.2 Å². The second-order valence-electron chi connectivity index (χ2n) is 3.17. The molecule has 0 saturated carbocycles. The molecule has 0 fully saturated rings.